The van der Waals surface area contributed by atoms with E-state index >= 15 is 0 Å². The Morgan fingerprint density at radius 3 is 3.00 bits per heavy atom. The molecule has 0 aromatic carbocycles. The van der Waals surface area contributed by atoms with Gasteiger partial charge in [0, 0.05) is 26.1 Å². The standard InChI is InChI=1S/C18H25N5O3.2ClH/c19-6-8-22-10-18-5-4-11(26-18)14(15(18)17(22)25)16(24)21-13-9-20-12-3-1-2-7-23(12)13;;/h9,11,14-15H,1-8,10,19H2,(H,21,24);2*1H/t11-,14-,15+,18-;;/m0../s1. The number of halogens is 2. The van der Waals surface area contributed by atoms with Gasteiger partial charge in [-0.25, -0.2) is 4.98 Å². The molecule has 0 unspecified atom stereocenters. The molecule has 3 N–H and O–H groups in total. The van der Waals surface area contributed by atoms with E-state index in [0.717, 1.165) is 50.3 Å². The van der Waals surface area contributed by atoms with Gasteiger partial charge in [0.2, 0.25) is 11.8 Å². The number of ether oxygens (including phenoxy) is 1. The second kappa shape index (κ2) is 7.82. The van der Waals surface area contributed by atoms with Crippen LogP contribution in [-0.4, -0.2) is 57.6 Å². The van der Waals surface area contributed by atoms with Gasteiger partial charge in [-0.3, -0.25) is 9.59 Å². The van der Waals surface area contributed by atoms with Crippen LogP contribution in [-0.2, 0) is 27.3 Å². The van der Waals surface area contributed by atoms with Crippen molar-refractivity contribution >= 4 is 42.4 Å². The highest BCUT2D eigenvalue weighted by Gasteiger charge is 2.68. The van der Waals surface area contributed by atoms with Crippen molar-refractivity contribution in [1.82, 2.24) is 14.5 Å². The average molecular weight is 432 g/mol. The number of nitrogens with one attached hydrogen (secondary N) is 1. The number of rotatable bonds is 4. The lowest BCUT2D eigenvalue weighted by atomic mass is 9.73. The Kier molecular flexibility index (Phi) is 5.96. The highest BCUT2D eigenvalue weighted by atomic mass is 35.5. The fourth-order valence-corrected chi connectivity index (χ4v) is 5.41. The van der Waals surface area contributed by atoms with Crippen molar-refractivity contribution in [2.75, 3.05) is 25.0 Å². The van der Waals surface area contributed by atoms with Crippen LogP contribution in [0.15, 0.2) is 6.20 Å². The first kappa shape index (κ1) is 21.4. The number of carbonyl (C=O) groups excluding carboxylic acids is 2. The summed E-state index contributed by atoms with van der Waals surface area (Å²) in [7, 11) is 0. The van der Waals surface area contributed by atoms with Gasteiger partial charge in [0.05, 0.1) is 36.3 Å². The number of amides is 2. The minimum absolute atomic E-state index is 0. The molecule has 10 heteroatoms. The van der Waals surface area contributed by atoms with Crippen molar-refractivity contribution < 1.29 is 14.3 Å². The van der Waals surface area contributed by atoms with Gasteiger partial charge >= 0.3 is 0 Å². The third kappa shape index (κ3) is 3.01. The molecule has 0 radical (unpaired) electrons. The molecule has 4 atom stereocenters. The Hall–Kier alpha value is -1.35. The summed E-state index contributed by atoms with van der Waals surface area (Å²) in [6.07, 6.45) is 6.44. The fourth-order valence-electron chi connectivity index (χ4n) is 5.41. The molecule has 2 amide bonds. The van der Waals surface area contributed by atoms with E-state index in [-0.39, 0.29) is 48.7 Å². The van der Waals surface area contributed by atoms with Crippen LogP contribution >= 0.6 is 24.8 Å². The Balaban J connectivity index is 0.00000112. The summed E-state index contributed by atoms with van der Waals surface area (Å²) in [6.45, 7) is 2.40. The summed E-state index contributed by atoms with van der Waals surface area (Å²) in [5.41, 5.74) is 5.15. The monoisotopic (exact) mass is 431 g/mol. The molecular weight excluding hydrogens is 405 g/mol. The topological polar surface area (TPSA) is 102 Å². The van der Waals surface area contributed by atoms with Crippen molar-refractivity contribution in [2.24, 2.45) is 17.6 Å². The predicted octanol–water partition coefficient (Wildman–Crippen LogP) is 0.966. The molecule has 1 aromatic rings. The molecule has 3 saturated heterocycles. The van der Waals surface area contributed by atoms with E-state index in [9.17, 15) is 9.59 Å². The number of imidazole rings is 1. The number of hydrogen-bond donors (Lipinski definition) is 2. The van der Waals surface area contributed by atoms with Crippen molar-refractivity contribution in [3.05, 3.63) is 12.0 Å². The normalized spacial score (nSPS) is 32.4. The maximum absolute atomic E-state index is 13.1. The van der Waals surface area contributed by atoms with E-state index in [0.29, 0.717) is 19.6 Å². The number of hydrogen-bond acceptors (Lipinski definition) is 5. The third-order valence-corrected chi connectivity index (χ3v) is 6.52. The van der Waals surface area contributed by atoms with Crippen LogP contribution in [0.5, 0.6) is 0 Å². The van der Waals surface area contributed by atoms with E-state index < -0.39 is 11.5 Å². The van der Waals surface area contributed by atoms with Crippen LogP contribution in [0.25, 0.3) is 0 Å². The molecule has 156 valence electrons. The zero-order valence-electron chi connectivity index (χ0n) is 15.6. The minimum Gasteiger partial charge on any atom is -0.368 e. The van der Waals surface area contributed by atoms with Crippen LogP contribution < -0.4 is 11.1 Å². The largest absolute Gasteiger partial charge is 0.368 e. The Labute approximate surface area is 176 Å². The molecule has 5 heterocycles. The molecular formula is C18H27Cl2N5O3. The molecule has 0 saturated carbocycles. The summed E-state index contributed by atoms with van der Waals surface area (Å²) < 4.78 is 8.30. The van der Waals surface area contributed by atoms with Gasteiger partial charge in [-0.2, -0.15) is 0 Å². The number of nitrogens with zero attached hydrogens (tertiary/aromatic N) is 3. The van der Waals surface area contributed by atoms with Crippen LogP contribution in [0.2, 0.25) is 0 Å². The SMILES string of the molecule is Cl.Cl.NCCN1C[C@]23CC[C@H](O2)[C@H](C(=O)Nc2cnc4n2CCCC4)[C@@H]3C1=O. The van der Waals surface area contributed by atoms with Crippen LogP contribution in [0.3, 0.4) is 0 Å². The Morgan fingerprint density at radius 1 is 1.39 bits per heavy atom. The number of likely N-dealkylation sites (tertiary alicyclic amines) is 1. The molecule has 1 aromatic heterocycles. The maximum atomic E-state index is 13.1. The highest BCUT2D eigenvalue weighted by Crippen LogP contribution is 2.55. The van der Waals surface area contributed by atoms with Crippen molar-refractivity contribution in [3.8, 4) is 0 Å². The molecule has 5 rings (SSSR count). The van der Waals surface area contributed by atoms with Gasteiger partial charge in [0.25, 0.3) is 0 Å². The van der Waals surface area contributed by atoms with Crippen LogP contribution in [0.4, 0.5) is 5.82 Å². The highest BCUT2D eigenvalue weighted by molar-refractivity contribution is 5.98. The van der Waals surface area contributed by atoms with Crippen molar-refractivity contribution in [1.29, 1.82) is 0 Å². The molecule has 0 aliphatic carbocycles. The van der Waals surface area contributed by atoms with Gasteiger partial charge < -0.3 is 25.3 Å². The van der Waals surface area contributed by atoms with Gasteiger partial charge in [0.15, 0.2) is 0 Å². The van der Waals surface area contributed by atoms with Crippen molar-refractivity contribution in [2.45, 2.75) is 50.4 Å². The second-order valence-electron chi connectivity index (χ2n) is 7.97. The first-order valence-electron chi connectivity index (χ1n) is 9.65. The predicted molar refractivity (Wildman–Crippen MR) is 108 cm³/mol. The first-order chi connectivity index (χ1) is 12.6. The quantitative estimate of drug-likeness (QED) is 0.738. The molecule has 1 spiro atoms. The number of aryl methyl sites for hydroxylation is 1. The van der Waals surface area contributed by atoms with E-state index in [1.807, 2.05) is 0 Å². The maximum Gasteiger partial charge on any atom is 0.232 e. The van der Waals surface area contributed by atoms with Crippen LogP contribution in [0.1, 0.15) is 31.5 Å². The fraction of sp³-hybridized carbons (Fsp3) is 0.722. The molecule has 2 bridgehead atoms. The van der Waals surface area contributed by atoms with Gasteiger partial charge in [-0.15, -0.1) is 24.8 Å². The number of anilines is 1. The van der Waals surface area contributed by atoms with Crippen molar-refractivity contribution in [3.63, 3.8) is 0 Å². The second-order valence-corrected chi connectivity index (χ2v) is 7.97. The smallest absolute Gasteiger partial charge is 0.232 e. The summed E-state index contributed by atoms with van der Waals surface area (Å²) in [5, 5.41) is 3.04. The number of aromatic nitrogens is 2. The van der Waals surface area contributed by atoms with Gasteiger partial charge in [-0.1, -0.05) is 0 Å². The molecule has 8 nitrogen and oxygen atoms in total. The molecule has 4 aliphatic heterocycles. The van der Waals surface area contributed by atoms with Gasteiger partial charge in [0.1, 0.15) is 11.6 Å². The molecule has 4 aliphatic rings. The lowest BCUT2D eigenvalue weighted by Crippen LogP contribution is -2.43. The average Bonchev–Trinajstić information content (AvgIpc) is 3.37. The number of nitrogens with two attached hydrogens (primary N) is 1. The zero-order chi connectivity index (χ0) is 17.9. The van der Waals surface area contributed by atoms with Crippen LogP contribution in [0, 0.1) is 11.8 Å². The summed E-state index contributed by atoms with van der Waals surface area (Å²) in [6, 6.07) is 0. The van der Waals surface area contributed by atoms with Gasteiger partial charge in [-0.05, 0) is 25.7 Å². The first-order valence-corrected chi connectivity index (χ1v) is 9.65. The number of fused-ring (bicyclic) bond motifs is 2. The summed E-state index contributed by atoms with van der Waals surface area (Å²) in [4.78, 5) is 32.2. The zero-order valence-corrected chi connectivity index (χ0v) is 17.3. The lowest BCUT2D eigenvalue weighted by Gasteiger charge is -2.27. The third-order valence-electron chi connectivity index (χ3n) is 6.52. The Bertz CT molecular complexity index is 772. The molecule has 28 heavy (non-hydrogen) atoms. The lowest BCUT2D eigenvalue weighted by molar-refractivity contribution is -0.136. The number of carbonyl (C=O) groups is 2. The Morgan fingerprint density at radius 2 is 2.21 bits per heavy atom. The summed E-state index contributed by atoms with van der Waals surface area (Å²) >= 11 is 0. The molecule has 3 fully saturated rings. The van der Waals surface area contributed by atoms with E-state index in [4.69, 9.17) is 10.5 Å². The minimum atomic E-state index is -0.490. The van der Waals surface area contributed by atoms with E-state index in [1.165, 1.54) is 0 Å². The van der Waals surface area contributed by atoms with E-state index in [1.54, 1.807) is 11.1 Å². The van der Waals surface area contributed by atoms with E-state index in [2.05, 4.69) is 14.9 Å². The summed E-state index contributed by atoms with van der Waals surface area (Å²) in [5.74, 6) is 0.875.